The van der Waals surface area contributed by atoms with Gasteiger partial charge in [0.05, 0.1) is 0 Å². The van der Waals surface area contributed by atoms with Gasteiger partial charge in [0.25, 0.3) is 0 Å². The Kier molecular flexibility index (Phi) is 2.11. The minimum absolute atomic E-state index is 0.779. The number of aromatic nitrogens is 2. The number of rotatable bonds is 1. The maximum Gasteiger partial charge on any atom is 0.0464 e. The van der Waals surface area contributed by atoms with Crippen molar-refractivity contribution in [2.45, 2.75) is 6.92 Å². The van der Waals surface area contributed by atoms with Gasteiger partial charge in [-0.1, -0.05) is 6.07 Å². The van der Waals surface area contributed by atoms with Crippen LogP contribution in [-0.4, -0.2) is 9.97 Å². The number of nitrogen functional groups attached to an aromatic ring is 1. The molecule has 3 aromatic rings. The fraction of sp³-hybridized carbons (Fsp3) is 0.0714. The van der Waals surface area contributed by atoms with E-state index in [2.05, 4.69) is 23.0 Å². The lowest BCUT2D eigenvalue weighted by atomic mass is 10.0. The van der Waals surface area contributed by atoms with Crippen LogP contribution in [0, 0.1) is 6.92 Å². The van der Waals surface area contributed by atoms with Gasteiger partial charge in [-0.05, 0) is 31.2 Å². The quantitative estimate of drug-likeness (QED) is 0.623. The summed E-state index contributed by atoms with van der Waals surface area (Å²) in [6.45, 7) is 2.07. The van der Waals surface area contributed by atoms with E-state index in [9.17, 15) is 0 Å². The first-order chi connectivity index (χ1) is 8.25. The fourth-order valence-corrected chi connectivity index (χ4v) is 2.23. The minimum Gasteiger partial charge on any atom is -0.399 e. The van der Waals surface area contributed by atoms with Crippen LogP contribution in [0.25, 0.3) is 22.0 Å². The van der Waals surface area contributed by atoms with Crippen LogP contribution in [-0.2, 0) is 0 Å². The summed E-state index contributed by atoms with van der Waals surface area (Å²) >= 11 is 0. The van der Waals surface area contributed by atoms with Crippen LogP contribution in [0.5, 0.6) is 0 Å². The summed E-state index contributed by atoms with van der Waals surface area (Å²) in [5.41, 5.74) is 11.2. The zero-order valence-corrected chi connectivity index (χ0v) is 9.57. The molecule has 17 heavy (non-hydrogen) atoms. The molecule has 0 spiro atoms. The van der Waals surface area contributed by atoms with E-state index < -0.39 is 0 Å². The molecular weight excluding hydrogens is 210 g/mol. The summed E-state index contributed by atoms with van der Waals surface area (Å²) in [7, 11) is 0. The zero-order chi connectivity index (χ0) is 11.8. The Morgan fingerprint density at radius 1 is 1.24 bits per heavy atom. The molecule has 3 nitrogen and oxygen atoms in total. The first-order valence-corrected chi connectivity index (χ1v) is 5.54. The molecule has 0 bridgehead atoms. The van der Waals surface area contributed by atoms with E-state index in [0.717, 1.165) is 27.8 Å². The van der Waals surface area contributed by atoms with E-state index in [-0.39, 0.29) is 0 Å². The molecule has 0 aliphatic heterocycles. The van der Waals surface area contributed by atoms with Crippen LogP contribution < -0.4 is 5.73 Å². The van der Waals surface area contributed by atoms with Crippen LogP contribution in [0.3, 0.4) is 0 Å². The second-order valence-electron chi connectivity index (χ2n) is 4.17. The highest BCUT2D eigenvalue weighted by Crippen LogP contribution is 2.32. The predicted octanol–water partition coefficient (Wildman–Crippen LogP) is 3.12. The van der Waals surface area contributed by atoms with Gasteiger partial charge < -0.3 is 10.7 Å². The van der Waals surface area contributed by atoms with E-state index in [1.165, 1.54) is 5.56 Å². The molecular formula is C14H13N3. The number of benzene rings is 1. The van der Waals surface area contributed by atoms with E-state index in [1.54, 1.807) is 6.20 Å². The molecule has 3 heteroatoms. The highest BCUT2D eigenvalue weighted by atomic mass is 14.7. The molecule has 0 aliphatic rings. The maximum atomic E-state index is 5.85. The Labute approximate surface area is 99.3 Å². The first-order valence-electron chi connectivity index (χ1n) is 5.54. The summed E-state index contributed by atoms with van der Waals surface area (Å²) in [5, 5.41) is 1.15. The van der Waals surface area contributed by atoms with Crippen molar-refractivity contribution in [1.82, 2.24) is 9.97 Å². The normalized spacial score (nSPS) is 10.9. The summed E-state index contributed by atoms with van der Waals surface area (Å²) < 4.78 is 0. The molecule has 0 saturated carbocycles. The number of pyridine rings is 1. The summed E-state index contributed by atoms with van der Waals surface area (Å²) in [4.78, 5) is 7.54. The van der Waals surface area contributed by atoms with Gasteiger partial charge in [0, 0.05) is 45.8 Å². The van der Waals surface area contributed by atoms with Gasteiger partial charge in [-0.15, -0.1) is 0 Å². The van der Waals surface area contributed by atoms with E-state index in [1.807, 2.05) is 30.5 Å². The SMILES string of the molecule is Cc1[nH]c2ccc(N)cc2c1-c1cccnc1. The number of aryl methyl sites for hydroxylation is 1. The number of nitrogens with one attached hydrogen (secondary N) is 1. The van der Waals surface area contributed by atoms with Crippen LogP contribution >= 0.6 is 0 Å². The summed E-state index contributed by atoms with van der Waals surface area (Å²) in [6, 6.07) is 9.93. The third-order valence-corrected chi connectivity index (χ3v) is 2.96. The van der Waals surface area contributed by atoms with Gasteiger partial charge in [0.2, 0.25) is 0 Å². The average molecular weight is 223 g/mol. The Balaban J connectivity index is 2.35. The zero-order valence-electron chi connectivity index (χ0n) is 9.57. The Hall–Kier alpha value is -2.29. The molecule has 0 amide bonds. The van der Waals surface area contributed by atoms with Gasteiger partial charge >= 0.3 is 0 Å². The molecule has 0 aliphatic carbocycles. The van der Waals surface area contributed by atoms with E-state index >= 15 is 0 Å². The molecule has 2 heterocycles. The third kappa shape index (κ3) is 1.56. The lowest BCUT2D eigenvalue weighted by molar-refractivity contribution is 1.28. The molecule has 0 radical (unpaired) electrons. The van der Waals surface area contributed by atoms with Gasteiger partial charge in [-0.3, -0.25) is 4.98 Å². The van der Waals surface area contributed by atoms with Gasteiger partial charge in [0.15, 0.2) is 0 Å². The Morgan fingerprint density at radius 2 is 2.12 bits per heavy atom. The molecule has 3 N–H and O–H groups in total. The molecule has 0 unspecified atom stereocenters. The number of hydrogen-bond donors (Lipinski definition) is 2. The summed E-state index contributed by atoms with van der Waals surface area (Å²) in [5.74, 6) is 0. The van der Waals surface area contributed by atoms with Crippen molar-refractivity contribution in [1.29, 1.82) is 0 Å². The van der Waals surface area contributed by atoms with Crippen molar-refractivity contribution in [3.05, 3.63) is 48.4 Å². The largest absolute Gasteiger partial charge is 0.399 e. The lowest BCUT2D eigenvalue weighted by Crippen LogP contribution is -1.84. The summed E-state index contributed by atoms with van der Waals surface area (Å²) in [6.07, 6.45) is 3.65. The smallest absolute Gasteiger partial charge is 0.0464 e. The molecule has 2 aromatic heterocycles. The second kappa shape index (κ2) is 3.63. The molecule has 0 saturated heterocycles. The highest BCUT2D eigenvalue weighted by molar-refractivity contribution is 5.98. The molecule has 84 valence electrons. The van der Waals surface area contributed by atoms with E-state index in [4.69, 9.17) is 5.73 Å². The van der Waals surface area contributed by atoms with Crippen LogP contribution in [0.1, 0.15) is 5.69 Å². The number of aromatic amines is 1. The van der Waals surface area contributed by atoms with Crippen LogP contribution in [0.15, 0.2) is 42.7 Å². The lowest BCUT2D eigenvalue weighted by Gasteiger charge is -2.01. The van der Waals surface area contributed by atoms with Crippen molar-refractivity contribution in [2.24, 2.45) is 0 Å². The topological polar surface area (TPSA) is 54.7 Å². The van der Waals surface area contributed by atoms with Gasteiger partial charge in [0.1, 0.15) is 0 Å². The Bertz CT molecular complexity index is 669. The molecule has 3 rings (SSSR count). The fourth-order valence-electron chi connectivity index (χ4n) is 2.23. The number of fused-ring (bicyclic) bond motifs is 1. The van der Waals surface area contributed by atoms with Gasteiger partial charge in [-0.25, -0.2) is 0 Å². The monoisotopic (exact) mass is 223 g/mol. The molecule has 0 atom stereocenters. The van der Waals surface area contributed by atoms with Gasteiger partial charge in [-0.2, -0.15) is 0 Å². The van der Waals surface area contributed by atoms with Crippen molar-refractivity contribution in [2.75, 3.05) is 5.73 Å². The standard InChI is InChI=1S/C14H13N3/c1-9-14(10-3-2-6-16-8-10)12-7-11(15)4-5-13(12)17-9/h2-8,17H,15H2,1H3. The highest BCUT2D eigenvalue weighted by Gasteiger charge is 2.10. The minimum atomic E-state index is 0.779. The maximum absolute atomic E-state index is 5.85. The first kappa shape index (κ1) is 9.90. The molecule has 1 aromatic carbocycles. The number of hydrogen-bond acceptors (Lipinski definition) is 2. The molecule has 0 fully saturated rings. The van der Waals surface area contributed by atoms with Crippen LogP contribution in [0.4, 0.5) is 5.69 Å². The number of anilines is 1. The number of nitrogens with zero attached hydrogens (tertiary/aromatic N) is 1. The van der Waals surface area contributed by atoms with Crippen molar-refractivity contribution < 1.29 is 0 Å². The number of H-pyrrole nitrogens is 1. The van der Waals surface area contributed by atoms with Crippen molar-refractivity contribution in [3.63, 3.8) is 0 Å². The van der Waals surface area contributed by atoms with Crippen molar-refractivity contribution >= 4 is 16.6 Å². The van der Waals surface area contributed by atoms with Crippen LogP contribution in [0.2, 0.25) is 0 Å². The van der Waals surface area contributed by atoms with Crippen molar-refractivity contribution in [3.8, 4) is 11.1 Å². The number of nitrogens with two attached hydrogens (primary N) is 1. The second-order valence-corrected chi connectivity index (χ2v) is 4.17. The Morgan fingerprint density at radius 3 is 2.88 bits per heavy atom. The predicted molar refractivity (Wildman–Crippen MR) is 70.7 cm³/mol. The van der Waals surface area contributed by atoms with E-state index in [0.29, 0.717) is 0 Å². The third-order valence-electron chi connectivity index (χ3n) is 2.96. The average Bonchev–Trinajstić information content (AvgIpc) is 2.65.